The van der Waals surface area contributed by atoms with Crippen LogP contribution in [0.5, 0.6) is 0 Å². The van der Waals surface area contributed by atoms with E-state index in [-0.39, 0.29) is 12.2 Å². The molecule has 1 atom stereocenters. The van der Waals surface area contributed by atoms with Gasteiger partial charge < -0.3 is 5.32 Å². The van der Waals surface area contributed by atoms with Gasteiger partial charge in [-0.15, -0.1) is 21.5 Å². The van der Waals surface area contributed by atoms with E-state index < -0.39 is 6.04 Å². The minimum Gasteiger partial charge on any atom is -0.309 e. The molecule has 2 aromatic heterocycles. The molecule has 6 nitrogen and oxygen atoms in total. The predicted molar refractivity (Wildman–Crippen MR) is 144 cm³/mol. The molecule has 2 aliphatic rings. The number of hydrogen-bond donors (Lipinski definition) is 1. The van der Waals surface area contributed by atoms with Gasteiger partial charge in [0.15, 0.2) is 5.82 Å². The quantitative estimate of drug-likeness (QED) is 0.375. The molecular weight excluding hydrogens is 490 g/mol. The predicted octanol–water partition coefficient (Wildman–Crippen LogP) is 5.60. The molecule has 0 aliphatic carbocycles. The maximum absolute atomic E-state index is 13.4. The van der Waals surface area contributed by atoms with Gasteiger partial charge in [0.05, 0.1) is 5.71 Å². The van der Waals surface area contributed by atoms with Crippen LogP contribution in [0.15, 0.2) is 47.5 Å². The Labute approximate surface area is 219 Å². The maximum Gasteiger partial charge on any atom is 0.163 e. The number of nitrogens with one attached hydrogen (secondary N) is 1. The number of thiophene rings is 1. The van der Waals surface area contributed by atoms with Crippen LogP contribution in [-0.4, -0.2) is 26.3 Å². The zero-order chi connectivity index (χ0) is 25.0. The van der Waals surface area contributed by atoms with E-state index >= 15 is 0 Å². The van der Waals surface area contributed by atoms with E-state index in [2.05, 4.69) is 52.1 Å². The van der Waals surface area contributed by atoms with Gasteiger partial charge in [-0.05, 0) is 55.2 Å². The zero-order valence-corrected chi connectivity index (χ0v) is 22.0. The van der Waals surface area contributed by atoms with Crippen molar-refractivity contribution in [3.63, 3.8) is 0 Å². The SMILES string of the molecule is Cc1sc2c(c1C)C(c1ccc(Cl)cc1)=N[C@@H](CC(=O)Cc1ccc3c(c1)CNC3)c1nnc(C)n1-2. The molecule has 0 bridgehead atoms. The van der Waals surface area contributed by atoms with Crippen molar-refractivity contribution in [3.8, 4) is 5.00 Å². The van der Waals surface area contributed by atoms with Gasteiger partial charge in [-0.1, -0.05) is 41.9 Å². The second-order valence-electron chi connectivity index (χ2n) is 9.53. The number of aliphatic imine (C=N–C) groups is 1. The Balaban J connectivity index is 1.41. The van der Waals surface area contributed by atoms with Crippen molar-refractivity contribution in [2.75, 3.05) is 0 Å². The van der Waals surface area contributed by atoms with Crippen molar-refractivity contribution in [2.24, 2.45) is 4.99 Å². The van der Waals surface area contributed by atoms with Crippen LogP contribution in [0, 0.1) is 20.8 Å². The lowest BCUT2D eigenvalue weighted by Crippen LogP contribution is -2.13. The third-order valence-corrected chi connectivity index (χ3v) is 8.53. The second kappa shape index (κ2) is 9.07. The molecule has 0 saturated carbocycles. The van der Waals surface area contributed by atoms with E-state index in [1.54, 1.807) is 11.3 Å². The number of aryl methyl sites for hydroxylation is 2. The van der Waals surface area contributed by atoms with E-state index in [0.717, 1.165) is 46.3 Å². The lowest BCUT2D eigenvalue weighted by atomic mass is 9.98. The molecule has 0 spiro atoms. The summed E-state index contributed by atoms with van der Waals surface area (Å²) in [5.41, 5.74) is 7.74. The smallest absolute Gasteiger partial charge is 0.163 e. The lowest BCUT2D eigenvalue weighted by molar-refractivity contribution is -0.118. The Morgan fingerprint density at radius 1 is 1.08 bits per heavy atom. The van der Waals surface area contributed by atoms with Gasteiger partial charge in [0, 0.05) is 47.0 Å². The average molecular weight is 516 g/mol. The largest absolute Gasteiger partial charge is 0.309 e. The highest BCUT2D eigenvalue weighted by Crippen LogP contribution is 2.39. The first-order chi connectivity index (χ1) is 17.4. The monoisotopic (exact) mass is 515 g/mol. The number of benzene rings is 2. The van der Waals surface area contributed by atoms with E-state index in [0.29, 0.717) is 17.3 Å². The molecule has 6 rings (SSSR count). The third-order valence-electron chi connectivity index (χ3n) is 7.08. The van der Waals surface area contributed by atoms with E-state index in [1.807, 2.05) is 31.2 Å². The Morgan fingerprint density at radius 3 is 2.67 bits per heavy atom. The molecule has 0 fully saturated rings. The van der Waals surface area contributed by atoms with Gasteiger partial charge in [0.2, 0.25) is 0 Å². The van der Waals surface area contributed by atoms with E-state index in [4.69, 9.17) is 16.6 Å². The highest BCUT2D eigenvalue weighted by Gasteiger charge is 2.32. The molecule has 1 N–H and O–H groups in total. The highest BCUT2D eigenvalue weighted by atomic mass is 35.5. The number of hydrogen-bond acceptors (Lipinski definition) is 6. The fourth-order valence-electron chi connectivity index (χ4n) is 5.11. The Bertz CT molecular complexity index is 1530. The molecule has 0 radical (unpaired) electrons. The van der Waals surface area contributed by atoms with Gasteiger partial charge >= 0.3 is 0 Å². The Hall–Kier alpha value is -3.13. The summed E-state index contributed by atoms with van der Waals surface area (Å²) >= 11 is 7.91. The number of carbonyl (C=O) groups is 1. The molecule has 4 aromatic rings. The first kappa shape index (κ1) is 23.3. The summed E-state index contributed by atoms with van der Waals surface area (Å²) in [6.07, 6.45) is 0.639. The number of nitrogens with zero attached hydrogens (tertiary/aromatic N) is 4. The third kappa shape index (κ3) is 4.01. The summed E-state index contributed by atoms with van der Waals surface area (Å²) in [6, 6.07) is 13.7. The molecule has 4 heterocycles. The number of aromatic nitrogens is 3. The minimum atomic E-state index is -0.431. The standard InChI is InChI=1S/C28H26ClN5OS/c1-15-16(2)36-28-25(15)26(19-6-8-22(29)9-7-19)31-24(27-33-32-17(3)34(27)28)12-23(35)11-18-4-5-20-13-30-14-21(20)10-18/h4-10,24,30H,11-14H2,1-3H3/t24-/m0/s1. The van der Waals surface area contributed by atoms with Gasteiger partial charge in [0.1, 0.15) is 22.7 Å². The molecule has 0 saturated heterocycles. The Kier molecular flexibility index (Phi) is 5.86. The van der Waals surface area contributed by atoms with Crippen LogP contribution in [0.2, 0.25) is 5.02 Å². The van der Waals surface area contributed by atoms with Crippen molar-refractivity contribution in [1.29, 1.82) is 0 Å². The molecule has 2 aromatic carbocycles. The lowest BCUT2D eigenvalue weighted by Gasteiger charge is -2.13. The maximum atomic E-state index is 13.4. The van der Waals surface area contributed by atoms with Gasteiger partial charge in [-0.2, -0.15) is 0 Å². The van der Waals surface area contributed by atoms with Gasteiger partial charge in [-0.25, -0.2) is 0 Å². The molecule has 36 heavy (non-hydrogen) atoms. The minimum absolute atomic E-state index is 0.135. The summed E-state index contributed by atoms with van der Waals surface area (Å²) in [5, 5.41) is 14.0. The normalized spacial score (nSPS) is 16.2. The van der Waals surface area contributed by atoms with Crippen molar-refractivity contribution < 1.29 is 4.79 Å². The number of carbonyl (C=O) groups excluding carboxylic acids is 1. The van der Waals surface area contributed by atoms with Crippen molar-refractivity contribution in [3.05, 3.63) is 97.4 Å². The fraction of sp³-hybridized carbons (Fsp3) is 0.286. The first-order valence-electron chi connectivity index (χ1n) is 12.1. The highest BCUT2D eigenvalue weighted by molar-refractivity contribution is 7.15. The van der Waals surface area contributed by atoms with Crippen molar-refractivity contribution in [2.45, 2.75) is 52.7 Å². The van der Waals surface area contributed by atoms with Crippen LogP contribution in [0.25, 0.3) is 5.00 Å². The summed E-state index contributed by atoms with van der Waals surface area (Å²) in [4.78, 5) is 19.8. The summed E-state index contributed by atoms with van der Waals surface area (Å²) in [5.74, 6) is 1.64. The van der Waals surface area contributed by atoms with Crippen LogP contribution in [0.1, 0.15) is 62.4 Å². The topological polar surface area (TPSA) is 72.2 Å². The van der Waals surface area contributed by atoms with Crippen molar-refractivity contribution in [1.82, 2.24) is 20.1 Å². The number of halogens is 1. The molecule has 2 aliphatic heterocycles. The fourth-order valence-corrected chi connectivity index (χ4v) is 6.45. The number of ketones is 1. The van der Waals surface area contributed by atoms with Crippen LogP contribution in [0.4, 0.5) is 0 Å². The molecule has 0 unspecified atom stereocenters. The van der Waals surface area contributed by atoms with Gasteiger partial charge in [0.25, 0.3) is 0 Å². The van der Waals surface area contributed by atoms with Crippen LogP contribution >= 0.6 is 22.9 Å². The number of Topliss-reactive ketones (excluding diaryl/α,β-unsaturated/α-hetero) is 1. The molecule has 8 heteroatoms. The van der Waals surface area contributed by atoms with Crippen LogP contribution < -0.4 is 5.32 Å². The zero-order valence-electron chi connectivity index (χ0n) is 20.4. The van der Waals surface area contributed by atoms with Gasteiger partial charge in [-0.3, -0.25) is 14.4 Å². The molecule has 0 amide bonds. The summed E-state index contributed by atoms with van der Waals surface area (Å²) in [6.45, 7) is 7.96. The van der Waals surface area contributed by atoms with E-state index in [1.165, 1.54) is 21.6 Å². The first-order valence-corrected chi connectivity index (χ1v) is 13.3. The second-order valence-corrected chi connectivity index (χ2v) is 11.2. The number of rotatable bonds is 5. The molecular formula is C28H26ClN5OS. The Morgan fingerprint density at radius 2 is 1.86 bits per heavy atom. The van der Waals surface area contributed by atoms with Crippen molar-refractivity contribution >= 4 is 34.4 Å². The summed E-state index contributed by atoms with van der Waals surface area (Å²) in [7, 11) is 0. The molecule has 182 valence electrons. The average Bonchev–Trinajstić information content (AvgIpc) is 3.52. The van der Waals surface area contributed by atoms with E-state index in [9.17, 15) is 4.79 Å². The summed E-state index contributed by atoms with van der Waals surface area (Å²) < 4.78 is 2.09. The van der Waals surface area contributed by atoms with Crippen LogP contribution in [-0.2, 0) is 24.3 Å². The number of fused-ring (bicyclic) bond motifs is 4. The van der Waals surface area contributed by atoms with Crippen LogP contribution in [0.3, 0.4) is 0 Å².